The Kier molecular flexibility index (Phi) is 4.33. The number of aromatic nitrogens is 1. The van der Waals surface area contributed by atoms with Gasteiger partial charge in [0.05, 0.1) is 12.2 Å². The first-order valence-electron chi connectivity index (χ1n) is 9.99. The van der Waals surface area contributed by atoms with Crippen molar-refractivity contribution in [3.05, 3.63) is 95.7 Å². The third kappa shape index (κ3) is 2.78. The van der Waals surface area contributed by atoms with E-state index in [1.54, 1.807) is 11.1 Å². The molecule has 0 bridgehead atoms. The van der Waals surface area contributed by atoms with Crippen LogP contribution in [0.5, 0.6) is 5.75 Å². The van der Waals surface area contributed by atoms with E-state index < -0.39 is 5.60 Å². The maximum atomic E-state index is 13.5. The molecular formula is C25H22N2O3. The number of fused-ring (bicyclic) bond motifs is 2. The molecule has 5 heteroatoms. The van der Waals surface area contributed by atoms with Crippen LogP contribution >= 0.6 is 0 Å². The molecule has 1 aliphatic rings. The number of hydrogen-bond donors (Lipinski definition) is 2. The largest absolute Gasteiger partial charge is 0.492 e. The first kappa shape index (κ1) is 18.5. The molecule has 1 aromatic heterocycles. The lowest BCUT2D eigenvalue weighted by Gasteiger charge is -2.23. The van der Waals surface area contributed by atoms with E-state index in [4.69, 9.17) is 4.74 Å². The van der Waals surface area contributed by atoms with Crippen LogP contribution in [-0.4, -0.2) is 29.1 Å². The van der Waals surface area contributed by atoms with Gasteiger partial charge in [-0.2, -0.15) is 0 Å². The summed E-state index contributed by atoms with van der Waals surface area (Å²) in [6.45, 7) is 2.68. The zero-order chi connectivity index (χ0) is 20.7. The maximum absolute atomic E-state index is 13.5. The number of aryl methyl sites for hydroxylation is 1. The van der Waals surface area contributed by atoms with Gasteiger partial charge in [-0.25, -0.2) is 0 Å². The Labute approximate surface area is 174 Å². The molecule has 0 saturated heterocycles. The van der Waals surface area contributed by atoms with Crippen molar-refractivity contribution in [1.82, 2.24) is 4.98 Å². The van der Waals surface area contributed by atoms with E-state index in [1.165, 1.54) is 0 Å². The molecule has 1 aliphatic heterocycles. The van der Waals surface area contributed by atoms with Crippen molar-refractivity contribution in [3.8, 4) is 5.75 Å². The van der Waals surface area contributed by atoms with Gasteiger partial charge in [0.15, 0.2) is 5.60 Å². The van der Waals surface area contributed by atoms with Crippen molar-refractivity contribution in [3.63, 3.8) is 0 Å². The topological polar surface area (TPSA) is 65.6 Å². The number of amides is 1. The average Bonchev–Trinajstić information content (AvgIpc) is 3.28. The van der Waals surface area contributed by atoms with Crippen LogP contribution in [0.4, 0.5) is 5.69 Å². The van der Waals surface area contributed by atoms with Crippen LogP contribution < -0.4 is 9.64 Å². The summed E-state index contributed by atoms with van der Waals surface area (Å²) in [7, 11) is 0. The first-order valence-corrected chi connectivity index (χ1v) is 9.99. The van der Waals surface area contributed by atoms with Crippen LogP contribution in [0.2, 0.25) is 0 Å². The third-order valence-corrected chi connectivity index (χ3v) is 5.69. The highest BCUT2D eigenvalue weighted by Crippen LogP contribution is 2.46. The number of nitrogens with one attached hydrogen (secondary N) is 1. The van der Waals surface area contributed by atoms with Gasteiger partial charge in [0.1, 0.15) is 12.4 Å². The molecule has 1 unspecified atom stereocenters. The molecule has 1 amide bonds. The Bertz CT molecular complexity index is 1250. The van der Waals surface area contributed by atoms with Crippen molar-refractivity contribution in [2.24, 2.45) is 0 Å². The minimum absolute atomic E-state index is 0.327. The second-order valence-corrected chi connectivity index (χ2v) is 7.60. The molecule has 5 nitrogen and oxygen atoms in total. The quantitative estimate of drug-likeness (QED) is 0.531. The van der Waals surface area contributed by atoms with E-state index >= 15 is 0 Å². The first-order chi connectivity index (χ1) is 14.6. The van der Waals surface area contributed by atoms with Gasteiger partial charge in [-0.3, -0.25) is 4.79 Å². The molecule has 0 fully saturated rings. The number of nitrogens with zero attached hydrogens (tertiary/aromatic N) is 1. The molecule has 2 heterocycles. The van der Waals surface area contributed by atoms with Gasteiger partial charge in [0, 0.05) is 28.2 Å². The molecule has 0 spiro atoms. The Morgan fingerprint density at radius 2 is 1.80 bits per heavy atom. The predicted octanol–water partition coefficient (Wildman–Crippen LogP) is 4.14. The Morgan fingerprint density at radius 1 is 1.00 bits per heavy atom. The lowest BCUT2D eigenvalue weighted by Crippen LogP contribution is -2.42. The number of carbonyl (C=O) groups is 1. The van der Waals surface area contributed by atoms with Crippen LogP contribution in [0.25, 0.3) is 10.9 Å². The van der Waals surface area contributed by atoms with Crippen molar-refractivity contribution in [2.75, 3.05) is 18.1 Å². The Morgan fingerprint density at radius 3 is 2.67 bits per heavy atom. The SMILES string of the molecule is Cc1cccc(OCCN2C(=O)C(O)(c3c[nH]c4ccccc34)c3ccccc32)c1. The fourth-order valence-corrected chi connectivity index (χ4v) is 4.25. The van der Waals surface area contributed by atoms with Crippen LogP contribution in [0, 0.1) is 6.92 Å². The normalized spacial score (nSPS) is 18.1. The van der Waals surface area contributed by atoms with Gasteiger partial charge < -0.3 is 19.7 Å². The third-order valence-electron chi connectivity index (χ3n) is 5.69. The minimum atomic E-state index is -1.74. The minimum Gasteiger partial charge on any atom is -0.492 e. The second-order valence-electron chi connectivity index (χ2n) is 7.60. The summed E-state index contributed by atoms with van der Waals surface area (Å²) < 4.78 is 5.86. The highest BCUT2D eigenvalue weighted by atomic mass is 16.5. The monoisotopic (exact) mass is 398 g/mol. The second kappa shape index (κ2) is 7.04. The molecule has 1 atom stereocenters. The number of hydrogen-bond acceptors (Lipinski definition) is 3. The molecular weight excluding hydrogens is 376 g/mol. The summed E-state index contributed by atoms with van der Waals surface area (Å²) in [5.41, 5.74) is 2.13. The van der Waals surface area contributed by atoms with E-state index in [1.807, 2.05) is 79.7 Å². The number of carbonyl (C=O) groups excluding carboxylic acids is 1. The molecule has 0 radical (unpaired) electrons. The number of para-hydroxylation sites is 2. The van der Waals surface area contributed by atoms with Gasteiger partial charge in [-0.15, -0.1) is 0 Å². The van der Waals surface area contributed by atoms with Crippen LogP contribution in [-0.2, 0) is 10.4 Å². The highest BCUT2D eigenvalue weighted by Gasteiger charge is 2.51. The maximum Gasteiger partial charge on any atom is 0.268 e. The number of ether oxygens (including phenoxy) is 1. The van der Waals surface area contributed by atoms with E-state index in [0.29, 0.717) is 30.0 Å². The van der Waals surface area contributed by atoms with E-state index in [2.05, 4.69) is 4.98 Å². The molecule has 30 heavy (non-hydrogen) atoms. The van der Waals surface area contributed by atoms with Gasteiger partial charge in [0.2, 0.25) is 0 Å². The predicted molar refractivity (Wildman–Crippen MR) is 117 cm³/mol. The number of rotatable bonds is 5. The molecule has 150 valence electrons. The molecule has 4 aromatic rings. The summed E-state index contributed by atoms with van der Waals surface area (Å²) in [5, 5.41) is 12.6. The molecule has 3 aromatic carbocycles. The molecule has 0 saturated carbocycles. The van der Waals surface area contributed by atoms with Gasteiger partial charge in [-0.05, 0) is 36.8 Å². The zero-order valence-electron chi connectivity index (χ0n) is 16.6. The van der Waals surface area contributed by atoms with Gasteiger partial charge in [0.25, 0.3) is 5.91 Å². The van der Waals surface area contributed by atoms with Crippen LogP contribution in [0.3, 0.4) is 0 Å². The molecule has 0 aliphatic carbocycles. The van der Waals surface area contributed by atoms with Crippen LogP contribution in [0.1, 0.15) is 16.7 Å². The summed E-state index contributed by atoms with van der Waals surface area (Å²) in [5.74, 6) is 0.406. The number of anilines is 1. The summed E-state index contributed by atoms with van der Waals surface area (Å²) in [4.78, 5) is 18.3. The van der Waals surface area contributed by atoms with Gasteiger partial charge >= 0.3 is 0 Å². The summed E-state index contributed by atoms with van der Waals surface area (Å²) in [6.07, 6.45) is 1.73. The Hall–Kier alpha value is -3.57. The van der Waals surface area contributed by atoms with Crippen molar-refractivity contribution in [1.29, 1.82) is 0 Å². The fraction of sp³-hybridized carbons (Fsp3) is 0.160. The summed E-state index contributed by atoms with van der Waals surface area (Å²) >= 11 is 0. The van der Waals surface area contributed by atoms with E-state index in [-0.39, 0.29) is 5.91 Å². The fourth-order valence-electron chi connectivity index (χ4n) is 4.25. The smallest absolute Gasteiger partial charge is 0.268 e. The lowest BCUT2D eigenvalue weighted by atomic mass is 9.87. The van der Waals surface area contributed by atoms with Crippen molar-refractivity contribution in [2.45, 2.75) is 12.5 Å². The Balaban J connectivity index is 1.48. The molecule has 2 N–H and O–H groups in total. The van der Waals surface area contributed by atoms with Gasteiger partial charge in [-0.1, -0.05) is 48.5 Å². The molecule has 5 rings (SSSR count). The van der Waals surface area contributed by atoms with E-state index in [9.17, 15) is 9.90 Å². The van der Waals surface area contributed by atoms with E-state index in [0.717, 1.165) is 22.2 Å². The van der Waals surface area contributed by atoms with Crippen molar-refractivity contribution >= 4 is 22.5 Å². The number of aliphatic hydroxyl groups is 1. The number of benzene rings is 3. The number of H-pyrrole nitrogens is 1. The van der Waals surface area contributed by atoms with Crippen molar-refractivity contribution < 1.29 is 14.6 Å². The summed E-state index contributed by atoms with van der Waals surface area (Å²) in [6, 6.07) is 22.9. The highest BCUT2D eigenvalue weighted by molar-refractivity contribution is 6.11. The lowest BCUT2D eigenvalue weighted by molar-refractivity contribution is -0.132. The zero-order valence-corrected chi connectivity index (χ0v) is 16.6. The number of aromatic amines is 1. The standard InChI is InChI=1S/C25H22N2O3/c1-17-7-6-8-18(15-17)30-14-13-27-23-12-5-3-10-20(23)25(29,24(27)28)21-16-26-22-11-4-2-9-19(21)22/h2-12,15-16,26,29H,13-14H2,1H3. The van der Waals surface area contributed by atoms with Crippen LogP contribution in [0.15, 0.2) is 79.0 Å². The average molecular weight is 398 g/mol.